The second-order valence-corrected chi connectivity index (χ2v) is 7.29. The molecule has 3 heteroatoms. The highest BCUT2D eigenvalue weighted by Crippen LogP contribution is 2.41. The summed E-state index contributed by atoms with van der Waals surface area (Å²) in [5, 5.41) is 9.45. The second kappa shape index (κ2) is 6.78. The first-order chi connectivity index (χ1) is 10.3. The molecule has 0 spiro atoms. The minimum absolute atomic E-state index is 0.181. The molecule has 1 aromatic rings. The average molecular weight is 301 g/mol. The number of rotatable bonds is 5. The van der Waals surface area contributed by atoms with Crippen LogP contribution in [0.3, 0.4) is 0 Å². The molecule has 0 aliphatic heterocycles. The summed E-state index contributed by atoms with van der Waals surface area (Å²) in [6.07, 6.45) is 4.99. The summed E-state index contributed by atoms with van der Waals surface area (Å²) in [5.41, 5.74) is 4.71. The fraction of sp³-hybridized carbons (Fsp3) is 0.474. The Morgan fingerprint density at radius 3 is 2.50 bits per heavy atom. The summed E-state index contributed by atoms with van der Waals surface area (Å²) in [6.45, 7) is 7.15. The number of nitrogens with zero attached hydrogens (tertiary/aromatic N) is 1. The predicted octanol–water partition coefficient (Wildman–Crippen LogP) is 4.54. The molecule has 1 aliphatic rings. The molecule has 1 N–H and O–H groups in total. The molecule has 1 unspecified atom stereocenters. The maximum atomic E-state index is 9.45. The van der Waals surface area contributed by atoms with Gasteiger partial charge in [-0.3, -0.25) is 5.26 Å². The Kier molecular flexibility index (Phi) is 5.22. The van der Waals surface area contributed by atoms with E-state index in [1.165, 1.54) is 16.7 Å². The van der Waals surface area contributed by atoms with E-state index in [9.17, 15) is 5.26 Å². The first kappa shape index (κ1) is 16.9. The van der Waals surface area contributed by atoms with E-state index in [1.807, 2.05) is 6.07 Å². The molecule has 2 rings (SSSR count). The molecule has 0 amide bonds. The van der Waals surface area contributed by atoms with E-state index in [0.29, 0.717) is 0 Å². The second-order valence-electron chi connectivity index (χ2n) is 7.29. The summed E-state index contributed by atoms with van der Waals surface area (Å²) >= 11 is 0. The van der Waals surface area contributed by atoms with E-state index in [0.717, 1.165) is 18.5 Å². The van der Waals surface area contributed by atoms with Gasteiger partial charge >= 0.3 is 0 Å². The summed E-state index contributed by atoms with van der Waals surface area (Å²) in [7, 11) is 4.16. The molecule has 0 aromatic heterocycles. The van der Waals surface area contributed by atoms with Crippen LogP contribution in [-0.2, 0) is 4.89 Å². The lowest BCUT2D eigenvalue weighted by atomic mass is 9.81. The number of hydrogen-bond donors (Lipinski definition) is 1. The van der Waals surface area contributed by atoms with Gasteiger partial charge < -0.3 is 4.90 Å². The third-order valence-corrected chi connectivity index (χ3v) is 3.98. The van der Waals surface area contributed by atoms with Crippen LogP contribution in [0.25, 0.3) is 5.57 Å². The minimum atomic E-state index is -0.350. The fourth-order valence-corrected chi connectivity index (χ4v) is 3.00. The quantitative estimate of drug-likeness (QED) is 0.640. The van der Waals surface area contributed by atoms with Gasteiger partial charge in [-0.15, -0.1) is 0 Å². The van der Waals surface area contributed by atoms with Gasteiger partial charge in [0.15, 0.2) is 0 Å². The zero-order valence-electron chi connectivity index (χ0n) is 14.3. The van der Waals surface area contributed by atoms with Crippen LogP contribution in [-0.4, -0.2) is 30.8 Å². The molecule has 120 valence electrons. The summed E-state index contributed by atoms with van der Waals surface area (Å²) in [5.74, 6) is 0. The molecule has 22 heavy (non-hydrogen) atoms. The van der Waals surface area contributed by atoms with E-state index in [-0.39, 0.29) is 11.5 Å². The molecule has 0 radical (unpaired) electrons. The van der Waals surface area contributed by atoms with Crippen molar-refractivity contribution >= 4 is 5.57 Å². The van der Waals surface area contributed by atoms with Crippen molar-refractivity contribution in [3.05, 3.63) is 53.1 Å². The molecule has 1 atom stereocenters. The smallest absolute Gasteiger partial charge is 0.123 e. The maximum absolute atomic E-state index is 9.45. The molecule has 0 fully saturated rings. The third-order valence-electron chi connectivity index (χ3n) is 3.98. The Balaban J connectivity index is 2.49. The van der Waals surface area contributed by atoms with Crippen molar-refractivity contribution in [1.29, 1.82) is 0 Å². The summed E-state index contributed by atoms with van der Waals surface area (Å²) < 4.78 is 0. The van der Waals surface area contributed by atoms with Crippen molar-refractivity contribution in [2.75, 3.05) is 20.6 Å². The number of hydrogen-bond acceptors (Lipinski definition) is 3. The summed E-state index contributed by atoms with van der Waals surface area (Å²) in [4.78, 5) is 7.04. The van der Waals surface area contributed by atoms with Crippen molar-refractivity contribution < 1.29 is 10.1 Å². The predicted molar refractivity (Wildman–Crippen MR) is 91.6 cm³/mol. The van der Waals surface area contributed by atoms with Crippen LogP contribution in [0.2, 0.25) is 0 Å². The molecule has 1 aliphatic carbocycles. The Morgan fingerprint density at radius 2 is 1.91 bits per heavy atom. The van der Waals surface area contributed by atoms with E-state index < -0.39 is 0 Å². The molecule has 0 bridgehead atoms. The van der Waals surface area contributed by atoms with E-state index in [2.05, 4.69) is 70.1 Å². The normalized spacial score (nSPS) is 16.7. The van der Waals surface area contributed by atoms with Crippen molar-refractivity contribution in [3.63, 3.8) is 0 Å². The Bertz CT molecular complexity index is 579. The van der Waals surface area contributed by atoms with Crippen LogP contribution in [0.1, 0.15) is 44.4 Å². The van der Waals surface area contributed by atoms with Crippen molar-refractivity contribution in [2.24, 2.45) is 5.41 Å². The van der Waals surface area contributed by atoms with Gasteiger partial charge in [0, 0.05) is 6.54 Å². The maximum Gasteiger partial charge on any atom is 0.123 e. The molecule has 0 heterocycles. The van der Waals surface area contributed by atoms with E-state index in [4.69, 9.17) is 4.89 Å². The molecule has 1 aromatic carbocycles. The molecule has 0 saturated carbocycles. The van der Waals surface area contributed by atoms with Gasteiger partial charge in [0.05, 0.1) is 0 Å². The monoisotopic (exact) mass is 301 g/mol. The van der Waals surface area contributed by atoms with E-state index >= 15 is 0 Å². The third kappa shape index (κ3) is 3.67. The first-order valence-corrected chi connectivity index (χ1v) is 7.77. The standard InChI is InChI=1S/C19H27NO2/c1-19(2,3)18(22-21)17-11-7-6-10-16(17)15-12-8-9-14(15)13-20(4)5/h6-11,18,21H,12-13H2,1-5H3. The first-order valence-electron chi connectivity index (χ1n) is 7.77. The Hall–Kier alpha value is -1.42. The van der Waals surface area contributed by atoms with Gasteiger partial charge in [0.1, 0.15) is 6.10 Å². The van der Waals surface area contributed by atoms with Crippen LogP contribution in [0.5, 0.6) is 0 Å². The highest BCUT2D eigenvalue weighted by molar-refractivity contribution is 5.77. The largest absolute Gasteiger partial charge is 0.305 e. The van der Waals surface area contributed by atoms with Gasteiger partial charge in [-0.05, 0) is 48.2 Å². The average Bonchev–Trinajstić information content (AvgIpc) is 2.85. The molecule has 0 saturated heterocycles. The van der Waals surface area contributed by atoms with Crippen LogP contribution >= 0.6 is 0 Å². The van der Waals surface area contributed by atoms with Crippen LogP contribution in [0.15, 0.2) is 42.0 Å². The van der Waals surface area contributed by atoms with Crippen LogP contribution < -0.4 is 0 Å². The number of allylic oxidation sites excluding steroid dienone is 2. The highest BCUT2D eigenvalue weighted by atomic mass is 17.1. The van der Waals surface area contributed by atoms with Gasteiger partial charge in [-0.1, -0.05) is 57.2 Å². The van der Waals surface area contributed by atoms with Crippen molar-refractivity contribution in [2.45, 2.75) is 33.3 Å². The molecular weight excluding hydrogens is 274 g/mol. The Labute approximate surface area is 133 Å². The highest BCUT2D eigenvalue weighted by Gasteiger charge is 2.30. The lowest BCUT2D eigenvalue weighted by Crippen LogP contribution is -2.21. The van der Waals surface area contributed by atoms with Gasteiger partial charge in [0.2, 0.25) is 0 Å². The van der Waals surface area contributed by atoms with Gasteiger partial charge in [0.25, 0.3) is 0 Å². The zero-order chi connectivity index (χ0) is 16.3. The van der Waals surface area contributed by atoms with Crippen LogP contribution in [0, 0.1) is 5.41 Å². The fourth-order valence-electron chi connectivity index (χ4n) is 3.00. The lowest BCUT2D eigenvalue weighted by molar-refractivity contribution is -0.303. The number of benzene rings is 1. The van der Waals surface area contributed by atoms with Crippen molar-refractivity contribution in [1.82, 2.24) is 4.90 Å². The minimum Gasteiger partial charge on any atom is -0.305 e. The Morgan fingerprint density at radius 1 is 1.23 bits per heavy atom. The zero-order valence-corrected chi connectivity index (χ0v) is 14.3. The van der Waals surface area contributed by atoms with Gasteiger partial charge in [-0.25, -0.2) is 4.89 Å². The topological polar surface area (TPSA) is 32.7 Å². The molecular formula is C19H27NO2. The molecule has 3 nitrogen and oxygen atoms in total. The SMILES string of the molecule is CN(C)CC1=C(c2ccccc2C(OO)C(C)(C)C)CC=C1. The van der Waals surface area contributed by atoms with Crippen molar-refractivity contribution in [3.8, 4) is 0 Å². The van der Waals surface area contributed by atoms with E-state index in [1.54, 1.807) is 0 Å². The summed E-state index contributed by atoms with van der Waals surface area (Å²) in [6, 6.07) is 8.24. The van der Waals surface area contributed by atoms with Crippen LogP contribution in [0.4, 0.5) is 0 Å². The van der Waals surface area contributed by atoms with Gasteiger partial charge in [-0.2, -0.15) is 0 Å². The lowest BCUT2D eigenvalue weighted by Gasteiger charge is -2.30. The number of likely N-dealkylation sites (N-methyl/N-ethyl adjacent to an activating group) is 1.